The molecule has 1 saturated heterocycles. The van der Waals surface area contributed by atoms with Gasteiger partial charge in [-0.05, 0) is 30.4 Å². The van der Waals surface area contributed by atoms with Crippen molar-refractivity contribution in [2.75, 3.05) is 0 Å². The Kier molecular flexibility index (Phi) is 3.98. The van der Waals surface area contributed by atoms with Crippen LogP contribution in [0, 0.1) is 5.92 Å². The maximum Gasteiger partial charge on any atom is 0.168 e. The molecule has 1 saturated carbocycles. The van der Waals surface area contributed by atoms with Crippen molar-refractivity contribution in [3.8, 4) is 0 Å². The van der Waals surface area contributed by atoms with E-state index in [9.17, 15) is 4.79 Å². The minimum Gasteiger partial charge on any atom is -0.296 e. The van der Waals surface area contributed by atoms with Gasteiger partial charge in [0.15, 0.2) is 5.78 Å². The Bertz CT molecular complexity index is 671. The SMILES string of the molecule is O=C1C2CCCC1C(c1ccccc1)N(Cc1ccccc1)O2. The van der Waals surface area contributed by atoms with Gasteiger partial charge < -0.3 is 0 Å². The van der Waals surface area contributed by atoms with Crippen LogP contribution < -0.4 is 0 Å². The smallest absolute Gasteiger partial charge is 0.168 e. The Labute approximate surface area is 136 Å². The van der Waals surface area contributed by atoms with Crippen LogP contribution in [0.4, 0.5) is 0 Å². The van der Waals surface area contributed by atoms with Crippen LogP contribution in [0.5, 0.6) is 0 Å². The number of benzene rings is 2. The lowest BCUT2D eigenvalue weighted by atomic mass is 9.77. The summed E-state index contributed by atoms with van der Waals surface area (Å²) in [6, 6.07) is 20.6. The third kappa shape index (κ3) is 2.82. The van der Waals surface area contributed by atoms with E-state index in [1.807, 2.05) is 41.5 Å². The molecule has 2 bridgehead atoms. The van der Waals surface area contributed by atoms with Gasteiger partial charge in [0, 0.05) is 12.5 Å². The first kappa shape index (κ1) is 14.6. The van der Waals surface area contributed by atoms with Crippen molar-refractivity contribution < 1.29 is 9.63 Å². The predicted octanol–water partition coefficient (Wildman–Crippen LogP) is 3.91. The highest BCUT2D eigenvalue weighted by Gasteiger charge is 2.46. The summed E-state index contributed by atoms with van der Waals surface area (Å²) in [6.07, 6.45) is 2.63. The number of hydroxylamine groups is 2. The lowest BCUT2D eigenvalue weighted by Crippen LogP contribution is -2.51. The molecule has 3 atom stereocenters. The second-order valence-electron chi connectivity index (χ2n) is 6.45. The molecule has 3 unspecified atom stereocenters. The third-order valence-corrected chi connectivity index (χ3v) is 4.94. The summed E-state index contributed by atoms with van der Waals surface area (Å²) in [6.45, 7) is 0.709. The Morgan fingerprint density at radius 2 is 1.65 bits per heavy atom. The Hall–Kier alpha value is -1.97. The molecule has 1 aliphatic carbocycles. The van der Waals surface area contributed by atoms with Crippen LogP contribution in [0.15, 0.2) is 60.7 Å². The van der Waals surface area contributed by atoms with Gasteiger partial charge in [-0.1, -0.05) is 60.7 Å². The molecule has 0 amide bonds. The summed E-state index contributed by atoms with van der Waals surface area (Å²) < 4.78 is 0. The van der Waals surface area contributed by atoms with Gasteiger partial charge in [-0.2, -0.15) is 5.06 Å². The van der Waals surface area contributed by atoms with Gasteiger partial charge in [-0.3, -0.25) is 9.63 Å². The van der Waals surface area contributed by atoms with Gasteiger partial charge in [0.1, 0.15) is 6.10 Å². The number of nitrogens with zero attached hydrogens (tertiary/aromatic N) is 1. The molecular formula is C20H21NO2. The van der Waals surface area contributed by atoms with Crippen molar-refractivity contribution in [3.05, 3.63) is 71.8 Å². The zero-order valence-electron chi connectivity index (χ0n) is 13.1. The van der Waals surface area contributed by atoms with Crippen molar-refractivity contribution in [1.29, 1.82) is 0 Å². The van der Waals surface area contributed by atoms with E-state index in [-0.39, 0.29) is 23.8 Å². The first-order chi connectivity index (χ1) is 11.3. The fraction of sp³-hybridized carbons (Fsp3) is 0.350. The molecular weight excluding hydrogens is 286 g/mol. The number of ketones is 1. The number of rotatable bonds is 3. The van der Waals surface area contributed by atoms with E-state index in [1.54, 1.807) is 0 Å². The zero-order valence-corrected chi connectivity index (χ0v) is 13.1. The molecule has 118 valence electrons. The highest BCUT2D eigenvalue weighted by molar-refractivity contribution is 5.87. The summed E-state index contributed by atoms with van der Waals surface area (Å²) in [5.41, 5.74) is 2.38. The van der Waals surface area contributed by atoms with E-state index in [4.69, 9.17) is 4.84 Å². The number of carbonyl (C=O) groups is 1. The van der Waals surface area contributed by atoms with Crippen LogP contribution >= 0.6 is 0 Å². The van der Waals surface area contributed by atoms with E-state index in [0.717, 1.165) is 19.3 Å². The highest BCUT2D eigenvalue weighted by Crippen LogP contribution is 2.42. The summed E-state index contributed by atoms with van der Waals surface area (Å²) >= 11 is 0. The van der Waals surface area contributed by atoms with Gasteiger partial charge in [0.25, 0.3) is 0 Å². The van der Waals surface area contributed by atoms with E-state index >= 15 is 0 Å². The minimum atomic E-state index is -0.252. The Morgan fingerprint density at radius 3 is 2.39 bits per heavy atom. The second kappa shape index (κ2) is 6.26. The van der Waals surface area contributed by atoms with Crippen molar-refractivity contribution >= 4 is 5.78 Å². The molecule has 0 spiro atoms. The summed E-state index contributed by atoms with van der Waals surface area (Å²) in [7, 11) is 0. The van der Waals surface area contributed by atoms with Crippen molar-refractivity contribution in [2.24, 2.45) is 5.92 Å². The second-order valence-corrected chi connectivity index (χ2v) is 6.45. The standard InChI is InChI=1S/C20H21NO2/c22-20-17-12-7-13-18(20)23-21(14-15-8-3-1-4-9-15)19(17)16-10-5-2-6-11-16/h1-6,8-11,17-19H,7,12-14H2. The van der Waals surface area contributed by atoms with Crippen molar-refractivity contribution in [1.82, 2.24) is 5.06 Å². The fourth-order valence-corrected chi connectivity index (χ4v) is 3.84. The molecule has 0 aromatic heterocycles. The normalized spacial score (nSPS) is 27.8. The van der Waals surface area contributed by atoms with Gasteiger partial charge in [0.05, 0.1) is 6.04 Å². The van der Waals surface area contributed by atoms with Crippen LogP contribution in [0.1, 0.15) is 36.4 Å². The first-order valence-electron chi connectivity index (χ1n) is 8.39. The summed E-state index contributed by atoms with van der Waals surface area (Å²) in [5, 5.41) is 2.04. The molecule has 3 heteroatoms. The largest absolute Gasteiger partial charge is 0.296 e. The molecule has 2 aromatic rings. The third-order valence-electron chi connectivity index (χ3n) is 4.94. The molecule has 0 N–H and O–H groups in total. The lowest BCUT2D eigenvalue weighted by molar-refractivity contribution is -0.266. The molecule has 1 aliphatic heterocycles. The Balaban J connectivity index is 1.68. The van der Waals surface area contributed by atoms with Crippen LogP contribution in [0.3, 0.4) is 0 Å². The van der Waals surface area contributed by atoms with Gasteiger partial charge >= 0.3 is 0 Å². The van der Waals surface area contributed by atoms with Crippen LogP contribution in [0.2, 0.25) is 0 Å². The molecule has 23 heavy (non-hydrogen) atoms. The predicted molar refractivity (Wildman–Crippen MR) is 88.4 cm³/mol. The monoisotopic (exact) mass is 307 g/mol. The van der Waals surface area contributed by atoms with Crippen LogP contribution in [0.25, 0.3) is 0 Å². The molecule has 2 aliphatic rings. The van der Waals surface area contributed by atoms with Crippen LogP contribution in [-0.4, -0.2) is 17.0 Å². The highest BCUT2D eigenvalue weighted by atomic mass is 16.7. The summed E-state index contributed by atoms with van der Waals surface area (Å²) in [5.74, 6) is 0.336. The molecule has 3 nitrogen and oxygen atoms in total. The maximum atomic E-state index is 12.6. The average Bonchev–Trinajstić information content (AvgIpc) is 2.58. The average molecular weight is 307 g/mol. The van der Waals surface area contributed by atoms with Gasteiger partial charge in [-0.15, -0.1) is 0 Å². The first-order valence-corrected chi connectivity index (χ1v) is 8.39. The molecule has 1 heterocycles. The van der Waals surface area contributed by atoms with Crippen molar-refractivity contribution in [2.45, 2.75) is 38.0 Å². The van der Waals surface area contributed by atoms with Gasteiger partial charge in [0.2, 0.25) is 0 Å². The number of Topliss-reactive ketones (excluding diaryl/α,β-unsaturated/α-hetero) is 1. The van der Waals surface area contributed by atoms with E-state index in [2.05, 4.69) is 24.3 Å². The molecule has 0 radical (unpaired) electrons. The lowest BCUT2D eigenvalue weighted by Gasteiger charge is -2.45. The number of hydrogen-bond acceptors (Lipinski definition) is 3. The number of hydrogen-bond donors (Lipinski definition) is 0. The molecule has 2 fully saturated rings. The number of carbonyl (C=O) groups excluding carboxylic acids is 1. The Morgan fingerprint density at radius 1 is 0.957 bits per heavy atom. The molecule has 4 rings (SSSR count). The van der Waals surface area contributed by atoms with Crippen molar-refractivity contribution in [3.63, 3.8) is 0 Å². The maximum absolute atomic E-state index is 12.6. The molecule has 2 aromatic carbocycles. The van der Waals surface area contributed by atoms with E-state index in [0.29, 0.717) is 6.54 Å². The fourth-order valence-electron chi connectivity index (χ4n) is 3.84. The topological polar surface area (TPSA) is 29.5 Å². The summed E-state index contributed by atoms with van der Waals surface area (Å²) in [4.78, 5) is 18.8. The minimum absolute atomic E-state index is 0.0143. The van der Waals surface area contributed by atoms with E-state index < -0.39 is 0 Å². The van der Waals surface area contributed by atoms with E-state index in [1.165, 1.54) is 11.1 Å². The zero-order chi connectivity index (χ0) is 15.6. The number of fused-ring (bicyclic) bond motifs is 2. The van der Waals surface area contributed by atoms with Gasteiger partial charge in [-0.25, -0.2) is 0 Å². The van der Waals surface area contributed by atoms with Crippen LogP contribution in [-0.2, 0) is 16.2 Å². The quantitative estimate of drug-likeness (QED) is 0.861.